The molecular formula is C36H49NO6. The Morgan fingerprint density at radius 3 is 2.49 bits per heavy atom. The van der Waals surface area contributed by atoms with Crippen molar-refractivity contribution in [2.75, 3.05) is 26.8 Å². The Morgan fingerprint density at radius 1 is 1.07 bits per heavy atom. The number of hydrogen-bond acceptors (Lipinski definition) is 6. The third-order valence-electron chi connectivity index (χ3n) is 9.74. The molecule has 1 fully saturated rings. The van der Waals surface area contributed by atoms with Crippen molar-refractivity contribution < 1.29 is 29.3 Å². The van der Waals surface area contributed by atoms with Gasteiger partial charge in [-0.15, -0.1) is 0 Å². The molecule has 3 aliphatic carbocycles. The lowest BCUT2D eigenvalue weighted by molar-refractivity contribution is -0.0809. The second-order valence-corrected chi connectivity index (χ2v) is 12.6. The van der Waals surface area contributed by atoms with Gasteiger partial charge in [-0.05, 0) is 113 Å². The maximum absolute atomic E-state index is 14.2. The summed E-state index contributed by atoms with van der Waals surface area (Å²) in [5, 5.41) is 23.4. The number of fused-ring (bicyclic) bond motifs is 8. The van der Waals surface area contributed by atoms with Gasteiger partial charge >= 0.3 is 6.09 Å². The van der Waals surface area contributed by atoms with E-state index in [9.17, 15) is 19.8 Å². The van der Waals surface area contributed by atoms with Crippen molar-refractivity contribution in [3.05, 3.63) is 76.4 Å². The third-order valence-corrected chi connectivity index (χ3v) is 9.74. The fraction of sp³-hybridized carbons (Fsp3) is 0.556. The van der Waals surface area contributed by atoms with E-state index in [0.717, 1.165) is 30.4 Å². The minimum atomic E-state index is -1.17. The lowest BCUT2D eigenvalue weighted by Crippen LogP contribution is -2.54. The molecule has 1 amide bonds. The van der Waals surface area contributed by atoms with Crippen LogP contribution in [0.25, 0.3) is 0 Å². The number of allylic oxidation sites excluding steroid dienone is 2. The van der Waals surface area contributed by atoms with Crippen molar-refractivity contribution in [2.24, 2.45) is 5.41 Å². The zero-order chi connectivity index (χ0) is 31.2. The Balaban J connectivity index is 1.83. The summed E-state index contributed by atoms with van der Waals surface area (Å²) in [6.45, 7) is 9.00. The molecule has 0 radical (unpaired) electrons. The maximum Gasteiger partial charge on any atom is 0.409 e. The van der Waals surface area contributed by atoms with Crippen LogP contribution in [0.2, 0.25) is 0 Å². The number of aliphatic hydroxyl groups excluding tert-OH is 1. The molecule has 4 atom stereocenters. The van der Waals surface area contributed by atoms with Crippen molar-refractivity contribution >= 4 is 11.9 Å². The first-order valence-corrected chi connectivity index (χ1v) is 15.8. The number of nitrogens with zero attached hydrogens (tertiary/aromatic N) is 1. The van der Waals surface area contributed by atoms with Gasteiger partial charge in [0.05, 0.1) is 32.0 Å². The molecular weight excluding hydrogens is 542 g/mol. The molecule has 2 N–H and O–H groups in total. The number of carbonyl (C=O) groups is 2. The number of rotatable bonds is 8. The Hall–Kier alpha value is -3.16. The smallest absolute Gasteiger partial charge is 0.409 e. The zero-order valence-electron chi connectivity index (χ0n) is 26.5. The van der Waals surface area contributed by atoms with Gasteiger partial charge < -0.3 is 24.6 Å². The monoisotopic (exact) mass is 591 g/mol. The van der Waals surface area contributed by atoms with E-state index >= 15 is 0 Å². The number of amides is 1. The Morgan fingerprint density at radius 2 is 1.81 bits per heavy atom. The molecule has 2 aromatic rings. The average Bonchev–Trinajstić information content (AvgIpc) is 3.24. The summed E-state index contributed by atoms with van der Waals surface area (Å²) in [6, 6.07) is 13.1. The molecule has 0 heterocycles. The SMILES string of the molecule is CCCN(CC1(O)CCC2c3ccc(cc3C(=O)c3ccc(OC)cc3)CC(O)CCC(C)=CCCC21C)C(=O)OCC. The summed E-state index contributed by atoms with van der Waals surface area (Å²) in [7, 11) is 1.60. The molecule has 7 nitrogen and oxygen atoms in total. The Bertz CT molecular complexity index is 1300. The first-order valence-electron chi connectivity index (χ1n) is 15.8. The highest BCUT2D eigenvalue weighted by molar-refractivity contribution is 6.10. The quantitative estimate of drug-likeness (QED) is 0.258. The molecule has 43 heavy (non-hydrogen) atoms. The zero-order valence-corrected chi connectivity index (χ0v) is 26.5. The maximum atomic E-state index is 14.2. The van der Waals surface area contributed by atoms with Crippen LogP contribution in [0.15, 0.2) is 54.1 Å². The van der Waals surface area contributed by atoms with Gasteiger partial charge in [-0.25, -0.2) is 4.79 Å². The predicted molar refractivity (Wildman–Crippen MR) is 169 cm³/mol. The lowest BCUT2D eigenvalue weighted by Gasteiger charge is -2.46. The number of benzene rings is 2. The summed E-state index contributed by atoms with van der Waals surface area (Å²) in [4.78, 5) is 28.7. The van der Waals surface area contributed by atoms with Gasteiger partial charge in [-0.1, -0.05) is 37.6 Å². The number of ether oxygens (including phenoxy) is 2. The first-order chi connectivity index (χ1) is 20.5. The molecule has 0 aliphatic heterocycles. The summed E-state index contributed by atoms with van der Waals surface area (Å²) in [6.07, 6.45) is 6.60. The predicted octanol–water partition coefficient (Wildman–Crippen LogP) is 6.83. The average molecular weight is 592 g/mol. The van der Waals surface area contributed by atoms with Crippen molar-refractivity contribution in [1.82, 2.24) is 4.90 Å². The van der Waals surface area contributed by atoms with Crippen LogP contribution in [0.4, 0.5) is 4.79 Å². The molecule has 0 saturated heterocycles. The molecule has 2 aromatic carbocycles. The van der Waals surface area contributed by atoms with Gasteiger partial charge in [-0.3, -0.25) is 4.79 Å². The van der Waals surface area contributed by atoms with E-state index < -0.39 is 23.2 Å². The molecule has 7 heteroatoms. The van der Waals surface area contributed by atoms with Gasteiger partial charge in [0.25, 0.3) is 0 Å². The number of methoxy groups -OCH3 is 1. The molecule has 0 aromatic heterocycles. The van der Waals surface area contributed by atoms with Crippen LogP contribution in [0.3, 0.4) is 0 Å². The van der Waals surface area contributed by atoms with Crippen molar-refractivity contribution in [3.8, 4) is 5.75 Å². The van der Waals surface area contributed by atoms with Gasteiger partial charge in [0, 0.05) is 23.1 Å². The van der Waals surface area contributed by atoms with E-state index in [4.69, 9.17) is 9.47 Å². The highest BCUT2D eigenvalue weighted by atomic mass is 16.6. The van der Waals surface area contributed by atoms with Gasteiger partial charge in [-0.2, -0.15) is 0 Å². The van der Waals surface area contributed by atoms with Gasteiger partial charge in [0.2, 0.25) is 0 Å². The van der Waals surface area contributed by atoms with Crippen molar-refractivity contribution in [2.45, 2.75) is 96.7 Å². The van der Waals surface area contributed by atoms with E-state index in [1.165, 1.54) is 5.57 Å². The molecule has 2 bridgehead atoms. The topological polar surface area (TPSA) is 96.3 Å². The van der Waals surface area contributed by atoms with Crippen LogP contribution in [-0.4, -0.2) is 65.5 Å². The van der Waals surface area contributed by atoms with Crippen LogP contribution in [0, 0.1) is 5.41 Å². The minimum Gasteiger partial charge on any atom is -0.497 e. The third kappa shape index (κ3) is 7.15. The molecule has 1 saturated carbocycles. The number of carbonyl (C=O) groups excluding carboxylic acids is 2. The largest absolute Gasteiger partial charge is 0.497 e. The highest BCUT2D eigenvalue weighted by Crippen LogP contribution is 2.59. The fourth-order valence-electron chi connectivity index (χ4n) is 7.13. The van der Waals surface area contributed by atoms with Crippen LogP contribution in [0.5, 0.6) is 5.75 Å². The van der Waals surface area contributed by atoms with Crippen LogP contribution >= 0.6 is 0 Å². The number of ketones is 1. The highest BCUT2D eigenvalue weighted by Gasteiger charge is 2.57. The summed E-state index contributed by atoms with van der Waals surface area (Å²) < 4.78 is 10.7. The molecule has 0 spiro atoms. The molecule has 4 unspecified atom stereocenters. The fourth-order valence-corrected chi connectivity index (χ4v) is 7.13. The van der Waals surface area contributed by atoms with Crippen molar-refractivity contribution in [1.29, 1.82) is 0 Å². The second-order valence-electron chi connectivity index (χ2n) is 12.6. The standard InChI is InChI=1S/C36H49NO6/c1-6-21-37(34(40)43-7-2)24-36(41)20-18-32-30-17-11-26(22-28(38)14-10-25(3)9-8-19-35(32,36)4)23-31(30)33(39)27-12-15-29(42-5)16-13-27/h9,11-13,15-17,23,28,32,38,41H,6-8,10,14,18-22,24H2,1-5H3. The number of aliphatic hydroxyl groups is 2. The first kappa shape index (κ1) is 32.7. The van der Waals surface area contributed by atoms with E-state index in [2.05, 4.69) is 19.9 Å². The molecule has 3 aliphatic rings. The summed E-state index contributed by atoms with van der Waals surface area (Å²) in [5.41, 5.74) is 2.42. The van der Waals surface area contributed by atoms with Crippen LogP contribution < -0.4 is 4.74 Å². The van der Waals surface area contributed by atoms with E-state index in [-0.39, 0.29) is 24.9 Å². The van der Waals surface area contributed by atoms with Gasteiger partial charge in [0.1, 0.15) is 5.75 Å². The Kier molecular flexibility index (Phi) is 10.7. The van der Waals surface area contributed by atoms with Crippen LogP contribution in [-0.2, 0) is 11.2 Å². The molecule has 5 rings (SSSR count). The van der Waals surface area contributed by atoms with Crippen molar-refractivity contribution in [3.63, 3.8) is 0 Å². The van der Waals surface area contributed by atoms with E-state index in [1.54, 1.807) is 43.2 Å². The normalized spacial score (nSPS) is 25.8. The van der Waals surface area contributed by atoms with E-state index in [0.29, 0.717) is 55.5 Å². The second kappa shape index (κ2) is 14.1. The minimum absolute atomic E-state index is 0.0891. The summed E-state index contributed by atoms with van der Waals surface area (Å²) in [5.74, 6) is 0.475. The van der Waals surface area contributed by atoms with Crippen LogP contribution in [0.1, 0.15) is 106 Å². The molecule has 234 valence electrons. The summed E-state index contributed by atoms with van der Waals surface area (Å²) >= 11 is 0. The van der Waals surface area contributed by atoms with E-state index in [1.807, 2.05) is 25.1 Å². The lowest BCUT2D eigenvalue weighted by atomic mass is 9.64. The van der Waals surface area contributed by atoms with Gasteiger partial charge in [0.15, 0.2) is 5.78 Å². The Labute approximate surface area is 256 Å². The number of hydrogen-bond donors (Lipinski definition) is 2.